The molecule has 3 aromatic rings. The number of benzene rings is 1. The third kappa shape index (κ3) is 3.46. The highest BCUT2D eigenvalue weighted by Gasteiger charge is 2.22. The first-order valence-electron chi connectivity index (χ1n) is 8.40. The predicted molar refractivity (Wildman–Crippen MR) is 94.8 cm³/mol. The number of nitrogens with zero attached hydrogens (tertiary/aromatic N) is 2. The fraction of sp³-hybridized carbons (Fsp3) is 0.278. The van der Waals surface area contributed by atoms with Crippen LogP contribution in [0.4, 0.5) is 5.95 Å². The van der Waals surface area contributed by atoms with Gasteiger partial charge in [0.05, 0.1) is 17.5 Å². The van der Waals surface area contributed by atoms with Crippen LogP contribution in [0.15, 0.2) is 41.0 Å². The molecule has 4 N–H and O–H groups in total. The van der Waals surface area contributed by atoms with Gasteiger partial charge in [-0.15, -0.1) is 0 Å². The zero-order valence-corrected chi connectivity index (χ0v) is 14.4. The molecule has 0 aliphatic carbocycles. The first-order chi connectivity index (χ1) is 12.2. The van der Waals surface area contributed by atoms with E-state index in [1.165, 1.54) is 10.5 Å². The zero-order valence-electron chi connectivity index (χ0n) is 14.4. The molecule has 0 bridgehead atoms. The average Bonchev–Trinajstić information content (AvgIpc) is 3.10. The molecule has 1 unspecified atom stereocenters. The molecule has 4 rings (SSSR count). The Kier molecular flexibility index (Phi) is 4.07. The number of furan rings is 1. The summed E-state index contributed by atoms with van der Waals surface area (Å²) in [5.41, 5.74) is 3.13. The van der Waals surface area contributed by atoms with Crippen molar-refractivity contribution in [3.05, 3.63) is 53.6 Å². The topological polar surface area (TPSA) is 81.4 Å². The fourth-order valence-electron chi connectivity index (χ4n) is 2.99. The van der Waals surface area contributed by atoms with E-state index in [4.69, 9.17) is 4.42 Å². The number of aryl methyl sites for hydroxylation is 2. The number of quaternary nitrogens is 1. The molecule has 25 heavy (non-hydrogen) atoms. The average molecular weight is 338 g/mol. The molecule has 1 atom stereocenters. The Morgan fingerprint density at radius 3 is 2.96 bits per heavy atom. The Hall–Kier alpha value is -2.93. The van der Waals surface area contributed by atoms with Crippen LogP contribution in [0, 0.1) is 13.8 Å². The van der Waals surface area contributed by atoms with Gasteiger partial charge in [-0.05, 0) is 38.1 Å². The number of guanidine groups is 1. The summed E-state index contributed by atoms with van der Waals surface area (Å²) in [5, 5.41) is 7.68. The maximum atomic E-state index is 5.40. The van der Waals surface area contributed by atoms with E-state index in [0.29, 0.717) is 5.95 Å². The van der Waals surface area contributed by atoms with Crippen LogP contribution in [-0.2, 0) is 6.54 Å². The van der Waals surface area contributed by atoms with E-state index in [2.05, 4.69) is 44.7 Å². The van der Waals surface area contributed by atoms with Crippen molar-refractivity contribution in [1.82, 2.24) is 15.3 Å². The minimum Gasteiger partial charge on any atom is -0.463 e. The summed E-state index contributed by atoms with van der Waals surface area (Å²) in [5.74, 6) is 2.41. The van der Waals surface area contributed by atoms with E-state index in [1.807, 2.05) is 25.1 Å². The predicted octanol–water partition coefficient (Wildman–Crippen LogP) is -0.709. The quantitative estimate of drug-likeness (QED) is 0.507. The van der Waals surface area contributed by atoms with Crippen molar-refractivity contribution < 1.29 is 14.3 Å². The first kappa shape index (κ1) is 15.6. The molecular formula is C18H22N6O+2. The van der Waals surface area contributed by atoms with E-state index in [9.17, 15) is 0 Å². The van der Waals surface area contributed by atoms with Gasteiger partial charge in [0.25, 0.3) is 5.95 Å². The molecule has 2 aromatic heterocycles. The summed E-state index contributed by atoms with van der Waals surface area (Å²) in [6, 6.07) is 10.1. The Morgan fingerprint density at radius 2 is 2.20 bits per heavy atom. The van der Waals surface area contributed by atoms with Crippen LogP contribution >= 0.6 is 0 Å². The zero-order chi connectivity index (χ0) is 17.2. The molecule has 7 heteroatoms. The SMILES string of the molecule is Cc1ccc2nc(NC3=[NH+]C[NH+](Cc4ccco4)CN3)nc(C)c2c1. The van der Waals surface area contributed by atoms with Gasteiger partial charge >= 0.3 is 5.96 Å². The minimum absolute atomic E-state index is 0.596. The number of aromatic nitrogens is 2. The standard InChI is InChI=1S/C18H20N6O/c1-12-5-6-16-15(8-12)13(2)21-18(22-16)23-17-19-10-24(11-20-17)9-14-4-3-7-25-14/h3-8H,9-11H2,1-2H3,(H2,19,20,21,22,23)/p+2. The molecular weight excluding hydrogens is 316 g/mol. The normalized spacial score (nSPS) is 17.2. The maximum Gasteiger partial charge on any atom is 0.359 e. The summed E-state index contributed by atoms with van der Waals surface area (Å²) in [4.78, 5) is 13.9. The van der Waals surface area contributed by atoms with E-state index >= 15 is 0 Å². The van der Waals surface area contributed by atoms with Crippen LogP contribution in [0.3, 0.4) is 0 Å². The molecule has 0 amide bonds. The smallest absolute Gasteiger partial charge is 0.359 e. The number of rotatable bonds is 3. The summed E-state index contributed by atoms with van der Waals surface area (Å²) in [7, 11) is 0. The molecule has 128 valence electrons. The lowest BCUT2D eigenvalue weighted by Gasteiger charge is -2.19. The minimum atomic E-state index is 0.596. The van der Waals surface area contributed by atoms with Gasteiger partial charge in [0.2, 0.25) is 0 Å². The molecule has 1 aromatic carbocycles. The second-order valence-corrected chi connectivity index (χ2v) is 6.37. The van der Waals surface area contributed by atoms with Crippen molar-refractivity contribution in [3.8, 4) is 0 Å². The Bertz CT molecular complexity index is 919. The second-order valence-electron chi connectivity index (χ2n) is 6.37. The van der Waals surface area contributed by atoms with Gasteiger partial charge < -0.3 is 4.42 Å². The van der Waals surface area contributed by atoms with Crippen molar-refractivity contribution in [3.63, 3.8) is 0 Å². The number of anilines is 1. The van der Waals surface area contributed by atoms with Gasteiger partial charge in [-0.25, -0.2) is 20.6 Å². The second kappa shape index (κ2) is 6.52. The maximum absolute atomic E-state index is 5.40. The highest BCUT2D eigenvalue weighted by molar-refractivity contribution is 5.89. The van der Waals surface area contributed by atoms with Crippen molar-refractivity contribution in [2.45, 2.75) is 20.4 Å². The number of nitrogens with one attached hydrogen (secondary N) is 4. The first-order valence-corrected chi connectivity index (χ1v) is 8.40. The van der Waals surface area contributed by atoms with E-state index < -0.39 is 0 Å². The van der Waals surface area contributed by atoms with Crippen LogP contribution < -0.4 is 20.5 Å². The lowest BCUT2D eigenvalue weighted by Crippen LogP contribution is -3.23. The highest BCUT2D eigenvalue weighted by atomic mass is 16.3. The third-order valence-electron chi connectivity index (χ3n) is 4.31. The van der Waals surface area contributed by atoms with Crippen molar-refractivity contribution >= 4 is 22.8 Å². The largest absolute Gasteiger partial charge is 0.463 e. The Balaban J connectivity index is 1.46. The monoisotopic (exact) mass is 338 g/mol. The van der Waals surface area contributed by atoms with E-state index in [0.717, 1.165) is 48.2 Å². The summed E-state index contributed by atoms with van der Waals surface area (Å²) in [6.07, 6.45) is 1.71. The molecule has 0 fully saturated rings. The summed E-state index contributed by atoms with van der Waals surface area (Å²) >= 11 is 0. The Morgan fingerprint density at radius 1 is 1.28 bits per heavy atom. The lowest BCUT2D eigenvalue weighted by molar-refractivity contribution is -0.992. The molecule has 0 spiro atoms. The van der Waals surface area contributed by atoms with Gasteiger partial charge in [0.1, 0.15) is 6.54 Å². The summed E-state index contributed by atoms with van der Waals surface area (Å²) in [6.45, 7) is 6.51. The fourth-order valence-corrected chi connectivity index (χ4v) is 2.99. The van der Waals surface area contributed by atoms with Gasteiger partial charge in [-0.2, -0.15) is 4.98 Å². The molecule has 1 aliphatic rings. The van der Waals surface area contributed by atoms with Crippen LogP contribution in [0.2, 0.25) is 0 Å². The number of hydrogen-bond donors (Lipinski definition) is 4. The van der Waals surface area contributed by atoms with Crippen LogP contribution in [0.5, 0.6) is 0 Å². The number of fused-ring (bicyclic) bond motifs is 1. The van der Waals surface area contributed by atoms with Crippen molar-refractivity contribution in [2.75, 3.05) is 18.7 Å². The molecule has 7 nitrogen and oxygen atoms in total. The molecule has 0 saturated carbocycles. The summed E-state index contributed by atoms with van der Waals surface area (Å²) < 4.78 is 5.40. The molecule has 3 heterocycles. The van der Waals surface area contributed by atoms with Crippen LogP contribution in [0.1, 0.15) is 17.0 Å². The van der Waals surface area contributed by atoms with E-state index in [-0.39, 0.29) is 0 Å². The van der Waals surface area contributed by atoms with Crippen LogP contribution in [-0.4, -0.2) is 29.3 Å². The third-order valence-corrected chi connectivity index (χ3v) is 4.31. The van der Waals surface area contributed by atoms with Crippen molar-refractivity contribution in [2.24, 2.45) is 0 Å². The number of hydrogen-bond acceptors (Lipinski definition) is 5. The molecule has 0 saturated heterocycles. The lowest BCUT2D eigenvalue weighted by atomic mass is 10.1. The van der Waals surface area contributed by atoms with Gasteiger partial charge in [-0.3, -0.25) is 4.90 Å². The van der Waals surface area contributed by atoms with Gasteiger partial charge in [0, 0.05) is 5.39 Å². The molecule has 1 aliphatic heterocycles. The van der Waals surface area contributed by atoms with Crippen LogP contribution in [0.25, 0.3) is 10.9 Å². The molecule has 0 radical (unpaired) electrons. The van der Waals surface area contributed by atoms with Gasteiger partial charge in [-0.1, -0.05) is 11.6 Å². The van der Waals surface area contributed by atoms with Gasteiger partial charge in [0.15, 0.2) is 19.1 Å². The van der Waals surface area contributed by atoms with E-state index in [1.54, 1.807) is 6.26 Å². The highest BCUT2D eigenvalue weighted by Crippen LogP contribution is 2.18. The Labute approximate surface area is 145 Å². The van der Waals surface area contributed by atoms with Crippen molar-refractivity contribution in [1.29, 1.82) is 0 Å².